The van der Waals surface area contributed by atoms with Crippen molar-refractivity contribution in [2.75, 3.05) is 14.2 Å². The minimum absolute atomic E-state index is 0. The number of aromatic carboxylic acids is 1. The molecular weight excluding hydrogens is 591 g/mol. The number of hydrogen-bond donors (Lipinski definition) is 2. The second-order valence-electron chi connectivity index (χ2n) is 8.00. The Hall–Kier alpha value is -4.08. The van der Waals surface area contributed by atoms with Crippen LogP contribution in [0.1, 0.15) is 31.8 Å². The van der Waals surface area contributed by atoms with Crippen molar-refractivity contribution in [1.29, 1.82) is 0 Å². The van der Waals surface area contributed by atoms with Crippen LogP contribution in [0, 0.1) is 23.3 Å². The topological polar surface area (TPSA) is 158 Å². The van der Waals surface area contributed by atoms with Crippen LogP contribution in [-0.4, -0.2) is 51.0 Å². The average molecular weight is 616 g/mol. The molecule has 2 aromatic carbocycles. The molecule has 0 saturated heterocycles. The van der Waals surface area contributed by atoms with Gasteiger partial charge < -0.3 is 29.6 Å². The van der Waals surface area contributed by atoms with Crippen LogP contribution in [-0.2, 0) is 17.8 Å². The molecule has 0 aliphatic heterocycles. The molecule has 15 heteroatoms. The number of carbonyl (C=O) groups is 2. The molecule has 3 N–H and O–H groups in total. The maximum absolute atomic E-state index is 13.1. The number of pyridine rings is 2. The SMILES string of the molecule is CO.COC(=O)c1cccn(Cc2ccc(F)c(F)c2)c1=O.O=C(O)c1cccn(Cc2ccc(F)c(F)c2)c1=O.[Na+].[OH-]. The predicted molar refractivity (Wildman–Crippen MR) is 141 cm³/mol. The number of hydrogen-bond acceptors (Lipinski definition) is 7. The van der Waals surface area contributed by atoms with Crippen molar-refractivity contribution in [2.45, 2.75) is 13.1 Å². The number of esters is 1. The molecule has 0 bridgehead atoms. The van der Waals surface area contributed by atoms with E-state index in [1.807, 2.05) is 0 Å². The standard InChI is InChI=1S/C14H11F2NO3.C13H9F2NO3.CH4O.Na.H2O/c1-20-14(19)10-3-2-6-17(13(10)18)8-9-4-5-11(15)12(16)7-9;14-10-4-3-8(6-11(10)15)7-16-5-1-2-9(12(16)17)13(18)19;1-2;;/h2-7H,8H2,1H3;1-6H,7H2,(H,18,19);2H,1H3;;1H2/q;;;+1;/p-1. The summed E-state index contributed by atoms with van der Waals surface area (Å²) in [5.74, 6) is -6.00. The monoisotopic (exact) mass is 616 g/mol. The third kappa shape index (κ3) is 10.6. The first-order valence-electron chi connectivity index (χ1n) is 11.5. The normalized spacial score (nSPS) is 9.56. The third-order valence-electron chi connectivity index (χ3n) is 5.35. The van der Waals surface area contributed by atoms with Crippen molar-refractivity contribution < 1.29 is 77.1 Å². The second-order valence-corrected chi connectivity index (χ2v) is 8.00. The van der Waals surface area contributed by atoms with E-state index >= 15 is 0 Å². The summed E-state index contributed by atoms with van der Waals surface area (Å²) in [6.07, 6.45) is 2.84. The first-order valence-corrected chi connectivity index (χ1v) is 11.5. The van der Waals surface area contributed by atoms with Gasteiger partial charge in [0.2, 0.25) is 0 Å². The van der Waals surface area contributed by atoms with Gasteiger partial charge in [0.1, 0.15) is 11.1 Å². The molecule has 43 heavy (non-hydrogen) atoms. The summed E-state index contributed by atoms with van der Waals surface area (Å²) in [5.41, 5.74) is -0.956. The second kappa shape index (κ2) is 18.5. The molecule has 0 spiro atoms. The molecule has 4 rings (SSSR count). The largest absolute Gasteiger partial charge is 1.00 e. The summed E-state index contributed by atoms with van der Waals surface area (Å²) in [5, 5.41) is 15.8. The summed E-state index contributed by atoms with van der Waals surface area (Å²) in [6, 6.07) is 12.1. The number of carboxylic acid groups (broad SMARTS) is 1. The van der Waals surface area contributed by atoms with Crippen LogP contribution >= 0.6 is 0 Å². The quantitative estimate of drug-likeness (QED) is 0.178. The molecule has 2 heterocycles. The smallest absolute Gasteiger partial charge is 0.870 e. The zero-order valence-electron chi connectivity index (χ0n) is 23.1. The number of carbonyl (C=O) groups excluding carboxylic acids is 1. The number of carboxylic acids is 1. The van der Waals surface area contributed by atoms with Gasteiger partial charge in [-0.1, -0.05) is 12.1 Å². The molecular formula is C28H25F4N2NaO8. The Labute approximate surface area is 264 Å². The van der Waals surface area contributed by atoms with E-state index in [4.69, 9.17) is 10.2 Å². The van der Waals surface area contributed by atoms with E-state index in [2.05, 4.69) is 4.74 Å². The molecule has 0 aliphatic carbocycles. The van der Waals surface area contributed by atoms with Crippen LogP contribution in [0.5, 0.6) is 0 Å². The minimum atomic E-state index is -1.33. The van der Waals surface area contributed by atoms with E-state index in [0.717, 1.165) is 35.9 Å². The Bertz CT molecular complexity index is 1660. The third-order valence-corrected chi connectivity index (χ3v) is 5.35. The number of aliphatic hydroxyl groups excluding tert-OH is 1. The van der Waals surface area contributed by atoms with Gasteiger partial charge in [-0.05, 0) is 59.7 Å². The number of aliphatic hydroxyl groups is 1. The maximum Gasteiger partial charge on any atom is 1.00 e. The summed E-state index contributed by atoms with van der Waals surface area (Å²) >= 11 is 0. The van der Waals surface area contributed by atoms with Gasteiger partial charge in [-0.15, -0.1) is 0 Å². The van der Waals surface area contributed by atoms with Gasteiger partial charge in [-0.2, -0.15) is 0 Å². The summed E-state index contributed by atoms with van der Waals surface area (Å²) in [6.45, 7) is -0.00196. The van der Waals surface area contributed by atoms with E-state index in [1.165, 1.54) is 60.5 Å². The zero-order chi connectivity index (χ0) is 30.7. The Kier molecular flexibility index (Phi) is 16.7. The van der Waals surface area contributed by atoms with Crippen molar-refractivity contribution in [3.05, 3.63) is 139 Å². The van der Waals surface area contributed by atoms with Crippen molar-refractivity contribution in [3.63, 3.8) is 0 Å². The summed E-state index contributed by atoms with van der Waals surface area (Å²) in [4.78, 5) is 46.0. The summed E-state index contributed by atoms with van der Waals surface area (Å²) in [7, 11) is 2.18. The minimum Gasteiger partial charge on any atom is -0.870 e. The van der Waals surface area contributed by atoms with Gasteiger partial charge in [0.15, 0.2) is 23.3 Å². The molecule has 0 unspecified atom stereocenters. The molecule has 0 atom stereocenters. The van der Waals surface area contributed by atoms with Gasteiger partial charge in [-0.25, -0.2) is 27.2 Å². The first-order chi connectivity index (χ1) is 19.5. The zero-order valence-corrected chi connectivity index (χ0v) is 25.1. The fraction of sp³-hybridized carbons (Fsp3) is 0.143. The van der Waals surface area contributed by atoms with Crippen molar-refractivity contribution >= 4 is 11.9 Å². The van der Waals surface area contributed by atoms with Gasteiger partial charge in [0, 0.05) is 19.5 Å². The Balaban J connectivity index is 0.000000744. The molecule has 2 aromatic heterocycles. The van der Waals surface area contributed by atoms with Gasteiger partial charge >= 0.3 is 41.5 Å². The fourth-order valence-corrected chi connectivity index (χ4v) is 3.42. The molecule has 0 saturated carbocycles. The number of nitrogens with zero attached hydrogens (tertiary/aromatic N) is 2. The number of benzene rings is 2. The summed E-state index contributed by atoms with van der Waals surface area (Å²) < 4.78 is 58.6. The molecule has 0 radical (unpaired) electrons. The number of aromatic nitrogens is 2. The number of halogens is 4. The Morgan fingerprint density at radius 2 is 1.12 bits per heavy atom. The van der Waals surface area contributed by atoms with Crippen LogP contribution in [0.4, 0.5) is 17.6 Å². The van der Waals surface area contributed by atoms with Crippen LogP contribution in [0.15, 0.2) is 82.6 Å². The van der Waals surface area contributed by atoms with Crippen LogP contribution in [0.2, 0.25) is 0 Å². The van der Waals surface area contributed by atoms with Gasteiger partial charge in [-0.3, -0.25) is 9.59 Å². The van der Waals surface area contributed by atoms with Crippen molar-refractivity contribution in [1.82, 2.24) is 9.13 Å². The predicted octanol–water partition coefficient (Wildman–Crippen LogP) is 0.270. The van der Waals surface area contributed by atoms with Crippen molar-refractivity contribution in [3.8, 4) is 0 Å². The Morgan fingerprint density at radius 3 is 1.49 bits per heavy atom. The van der Waals surface area contributed by atoms with Crippen LogP contribution < -0.4 is 40.7 Å². The molecule has 0 aliphatic rings. The first kappa shape index (κ1) is 38.9. The van der Waals surface area contributed by atoms with E-state index in [1.54, 1.807) is 0 Å². The van der Waals surface area contributed by atoms with E-state index in [-0.39, 0.29) is 59.2 Å². The average Bonchev–Trinajstić information content (AvgIpc) is 2.96. The fourth-order valence-electron chi connectivity index (χ4n) is 3.42. The van der Waals surface area contributed by atoms with E-state index in [0.29, 0.717) is 11.1 Å². The number of ether oxygens (including phenoxy) is 1. The van der Waals surface area contributed by atoms with E-state index < -0.39 is 46.3 Å². The molecule has 4 aromatic rings. The molecule has 224 valence electrons. The van der Waals surface area contributed by atoms with Gasteiger partial charge in [0.05, 0.1) is 20.2 Å². The maximum atomic E-state index is 13.1. The van der Waals surface area contributed by atoms with Crippen LogP contribution in [0.3, 0.4) is 0 Å². The number of rotatable bonds is 6. The molecule has 10 nitrogen and oxygen atoms in total. The molecule has 0 fully saturated rings. The Morgan fingerprint density at radius 1 is 0.721 bits per heavy atom. The number of methoxy groups -OCH3 is 1. The van der Waals surface area contributed by atoms with E-state index in [9.17, 15) is 36.7 Å². The molecule has 0 amide bonds. The van der Waals surface area contributed by atoms with Gasteiger partial charge in [0.25, 0.3) is 11.1 Å². The van der Waals surface area contributed by atoms with Crippen molar-refractivity contribution in [2.24, 2.45) is 0 Å². The van der Waals surface area contributed by atoms with Crippen LogP contribution in [0.25, 0.3) is 0 Å².